The molecule has 6 nitrogen and oxygen atoms in total. The Hall–Kier alpha value is -1.21. The van der Waals surface area contributed by atoms with Crippen molar-refractivity contribution >= 4 is 90.7 Å². The van der Waals surface area contributed by atoms with Crippen molar-refractivity contribution in [3.05, 3.63) is 82.9 Å². The van der Waals surface area contributed by atoms with Crippen molar-refractivity contribution < 1.29 is 25.9 Å². The normalized spacial score (nSPS) is 11.8. The maximum atomic E-state index is 12.3. The second kappa shape index (κ2) is 48.9. The molecule has 0 spiro atoms. The Kier molecular flexibility index (Phi) is 45.8. The van der Waals surface area contributed by atoms with Crippen LogP contribution in [0.5, 0.6) is 0 Å². The van der Waals surface area contributed by atoms with Crippen LogP contribution in [0.1, 0.15) is 332 Å². The first kappa shape index (κ1) is 75.9. The fourth-order valence-corrected chi connectivity index (χ4v) is 13.7. The van der Waals surface area contributed by atoms with Crippen molar-refractivity contribution in [2.45, 2.75) is 346 Å². The topological polar surface area (TPSA) is 114 Å². The molecule has 0 radical (unpaired) electrons. The quantitative estimate of drug-likeness (QED) is 0.0247. The summed E-state index contributed by atoms with van der Waals surface area (Å²) in [7, 11) is -9.07. The zero-order valence-electron chi connectivity index (χ0n) is 52.7. The average Bonchev–Trinajstić information content (AvgIpc) is 3.47. The summed E-state index contributed by atoms with van der Waals surface area (Å²) in [5.41, 5.74) is 3.96. The second-order valence-electron chi connectivity index (χ2n) is 24.3. The van der Waals surface area contributed by atoms with Gasteiger partial charge >= 0.3 is 48.9 Å². The molecule has 0 N–H and O–H groups in total. The van der Waals surface area contributed by atoms with Gasteiger partial charge in [-0.05, 0) is 96.5 Å². The summed E-state index contributed by atoms with van der Waals surface area (Å²) in [5, 5.41) is 3.12. The number of hydrogen-bond donors (Lipinski definition) is 0. The molecule has 4 aromatic carbocycles. The van der Waals surface area contributed by atoms with Gasteiger partial charge in [0.05, 0.1) is 9.79 Å². The average molecular weight is 1280 g/mol. The molecule has 0 saturated carbocycles. The van der Waals surface area contributed by atoms with Gasteiger partial charge in [-0.3, -0.25) is 0 Å². The van der Waals surface area contributed by atoms with Crippen molar-refractivity contribution in [1.82, 2.24) is 0 Å². The van der Waals surface area contributed by atoms with Gasteiger partial charge in [-0.1, -0.05) is 333 Å². The Morgan fingerprint density at radius 3 is 0.716 bits per heavy atom. The second-order valence-corrected chi connectivity index (χ2v) is 27.0. The first-order chi connectivity index (χ1) is 38.9. The van der Waals surface area contributed by atoms with Gasteiger partial charge in [0.15, 0.2) is 0 Å². The number of benzene rings is 4. The molecule has 0 bridgehead atoms. The van der Waals surface area contributed by atoms with Crippen LogP contribution in [0, 0.1) is 0 Å². The summed E-state index contributed by atoms with van der Waals surface area (Å²) < 4.78 is 73.9. The summed E-state index contributed by atoms with van der Waals surface area (Å²) >= 11 is 0. The molecule has 0 aliphatic carbocycles. The third kappa shape index (κ3) is 35.3. The van der Waals surface area contributed by atoms with Crippen molar-refractivity contribution in [3.63, 3.8) is 0 Å². The van der Waals surface area contributed by atoms with Gasteiger partial charge in [0.25, 0.3) is 0 Å². The van der Waals surface area contributed by atoms with E-state index < -0.39 is 20.2 Å². The van der Waals surface area contributed by atoms with Crippen LogP contribution in [-0.4, -0.2) is 74.8 Å². The van der Waals surface area contributed by atoms with E-state index in [2.05, 4.69) is 39.8 Å². The summed E-state index contributed by atoms with van der Waals surface area (Å²) in [6.45, 7) is 9.04. The van der Waals surface area contributed by atoms with Crippen molar-refractivity contribution in [1.29, 1.82) is 0 Å². The third-order valence-electron chi connectivity index (χ3n) is 16.9. The fraction of sp³-hybridized carbons (Fsp3) is 0.722. The summed E-state index contributed by atoms with van der Waals surface area (Å²) in [5.74, 6) is 0. The van der Waals surface area contributed by atoms with Crippen LogP contribution in [0.15, 0.2) is 70.5 Å². The first-order valence-corrected chi connectivity index (χ1v) is 36.8. The zero-order chi connectivity index (χ0) is 57.8. The van der Waals surface area contributed by atoms with Crippen LogP contribution in [0.4, 0.5) is 0 Å². The van der Waals surface area contributed by atoms with Crippen molar-refractivity contribution in [2.24, 2.45) is 0 Å². The molecule has 4 rings (SSSR count). The van der Waals surface area contributed by atoms with Crippen molar-refractivity contribution in [3.8, 4) is 0 Å². The minimum Gasteiger partial charge on any atom is -0.744 e. The predicted molar refractivity (Wildman–Crippen MR) is 350 cm³/mol. The maximum Gasteiger partial charge on any atom is 2.00 e. The molecule has 0 aliphatic heterocycles. The molecular weight excluding hydrogens is 1160 g/mol. The Morgan fingerprint density at radius 1 is 0.284 bits per heavy atom. The van der Waals surface area contributed by atoms with E-state index in [4.69, 9.17) is 0 Å². The summed E-state index contributed by atoms with van der Waals surface area (Å²) in [6, 6.07) is 19.6. The van der Waals surface area contributed by atoms with E-state index >= 15 is 0 Å². The predicted octanol–water partition coefficient (Wildman–Crippen LogP) is 22.5. The molecular formula is C72H118BaO6S2. The SMILES string of the molecule is CCCCCCCCCCCCCc1cc(S(=O)(=O)[O-])c2c(CCCCCCCCCCCCC)cccc2c1.CCCCCCCCCCCCCc1cc(S(=O)(=O)[O-])c2c(CCCCCCCCCCCCC)cccc2c1.[Ba+2]. The van der Waals surface area contributed by atoms with E-state index in [0.29, 0.717) is 10.8 Å². The standard InChI is InChI=1S/2C36H60O3S.Ba/c2*1-3-5-7-9-11-13-15-17-19-21-23-26-32-30-34-29-25-28-33(36(34)35(31-32)40(37,38)39)27-24-22-20-18-16-14-12-10-8-6-4-2;/h2*25,28-31H,3-24,26-27H2,1-2H3,(H,37,38,39);/q;;+2/p-2. The molecule has 0 aromatic heterocycles. The maximum absolute atomic E-state index is 12.3. The first-order valence-electron chi connectivity index (χ1n) is 33.9. The van der Waals surface area contributed by atoms with Gasteiger partial charge in [0.1, 0.15) is 20.2 Å². The van der Waals surface area contributed by atoms with Gasteiger partial charge in [-0.25, -0.2) is 16.8 Å². The van der Waals surface area contributed by atoms with E-state index in [-0.39, 0.29) is 58.7 Å². The zero-order valence-corrected chi connectivity index (χ0v) is 58.8. The number of hydrogen-bond acceptors (Lipinski definition) is 6. The molecule has 81 heavy (non-hydrogen) atoms. The van der Waals surface area contributed by atoms with Crippen LogP contribution < -0.4 is 0 Å². The molecule has 0 heterocycles. The number of aryl methyl sites for hydroxylation is 4. The van der Waals surface area contributed by atoms with E-state index in [1.54, 1.807) is 12.1 Å². The molecule has 4 aromatic rings. The number of unbranched alkanes of at least 4 members (excludes halogenated alkanes) is 40. The minimum atomic E-state index is -4.53. The Labute approximate surface area is 540 Å². The van der Waals surface area contributed by atoms with Gasteiger partial charge in [0.2, 0.25) is 0 Å². The summed E-state index contributed by atoms with van der Waals surface area (Å²) in [4.78, 5) is -0.0245. The van der Waals surface area contributed by atoms with E-state index in [9.17, 15) is 25.9 Å². The van der Waals surface area contributed by atoms with Crippen LogP contribution in [0.3, 0.4) is 0 Å². The molecule has 0 atom stereocenters. The monoisotopic (exact) mass is 1280 g/mol. The van der Waals surface area contributed by atoms with Crippen LogP contribution in [0.25, 0.3) is 21.5 Å². The van der Waals surface area contributed by atoms with Gasteiger partial charge in [-0.2, -0.15) is 0 Å². The smallest absolute Gasteiger partial charge is 0.744 e. The largest absolute Gasteiger partial charge is 2.00 e. The number of fused-ring (bicyclic) bond motifs is 2. The van der Waals surface area contributed by atoms with Crippen LogP contribution in [0.2, 0.25) is 0 Å². The molecule has 0 aliphatic rings. The van der Waals surface area contributed by atoms with E-state index in [0.717, 1.165) is 110 Å². The molecule has 0 saturated heterocycles. The van der Waals surface area contributed by atoms with Crippen molar-refractivity contribution in [2.75, 3.05) is 0 Å². The van der Waals surface area contributed by atoms with E-state index in [1.165, 1.54) is 231 Å². The Morgan fingerprint density at radius 2 is 0.494 bits per heavy atom. The van der Waals surface area contributed by atoms with Gasteiger partial charge < -0.3 is 9.11 Å². The third-order valence-corrected chi connectivity index (χ3v) is 18.7. The Balaban J connectivity index is 0.000000547. The van der Waals surface area contributed by atoms with Crippen LogP contribution in [-0.2, 0) is 45.9 Å². The fourth-order valence-electron chi connectivity index (χ4n) is 12.1. The molecule has 9 heteroatoms. The number of rotatable bonds is 50. The molecule has 456 valence electrons. The van der Waals surface area contributed by atoms with Gasteiger partial charge in [-0.15, -0.1) is 0 Å². The minimum absolute atomic E-state index is 0. The summed E-state index contributed by atoms with van der Waals surface area (Å²) in [6.07, 6.45) is 60.0. The van der Waals surface area contributed by atoms with Gasteiger partial charge in [0, 0.05) is 10.8 Å². The van der Waals surface area contributed by atoms with E-state index in [1.807, 2.05) is 36.4 Å². The molecule has 0 fully saturated rings. The molecule has 0 amide bonds. The molecule has 0 unspecified atom stereocenters. The Bertz CT molecular complexity index is 2230. The van der Waals surface area contributed by atoms with Crippen LogP contribution >= 0.6 is 0 Å².